The lowest BCUT2D eigenvalue weighted by molar-refractivity contribution is -0.0298. The van der Waals surface area contributed by atoms with Crippen LogP contribution in [-0.4, -0.2) is 32.4 Å². The number of aromatic nitrogens is 4. The molecule has 0 spiro atoms. The van der Waals surface area contributed by atoms with Gasteiger partial charge in [0.25, 0.3) is 0 Å². The standard InChI is InChI=1S/C17H18BrN5OS/c1-25-17-21-15(20-12-7-3-2-6-11(12)18)14-16(22-17)23(10-19-14)13-8-4-5-9-24-13/h2-3,6-7,10,13H,4-5,8-9H2,1H3,(H,20,21,22). The molecule has 1 unspecified atom stereocenters. The third kappa shape index (κ3) is 3.38. The molecule has 0 saturated carbocycles. The van der Waals surface area contributed by atoms with Crippen LogP contribution in [-0.2, 0) is 4.74 Å². The summed E-state index contributed by atoms with van der Waals surface area (Å²) in [6.07, 6.45) is 7.04. The number of nitrogens with zero attached hydrogens (tertiary/aromatic N) is 4. The van der Waals surface area contributed by atoms with E-state index in [0.29, 0.717) is 11.0 Å². The van der Waals surface area contributed by atoms with Crippen LogP contribution in [0.25, 0.3) is 11.2 Å². The molecule has 1 aromatic carbocycles. The first kappa shape index (κ1) is 16.8. The fourth-order valence-electron chi connectivity index (χ4n) is 2.92. The van der Waals surface area contributed by atoms with Gasteiger partial charge in [-0.25, -0.2) is 15.0 Å². The highest BCUT2D eigenvalue weighted by atomic mass is 79.9. The van der Waals surface area contributed by atoms with Gasteiger partial charge in [-0.2, -0.15) is 0 Å². The van der Waals surface area contributed by atoms with Crippen molar-refractivity contribution < 1.29 is 4.74 Å². The minimum Gasteiger partial charge on any atom is -0.358 e. The number of ether oxygens (including phenoxy) is 1. The highest BCUT2D eigenvalue weighted by Gasteiger charge is 2.21. The Labute approximate surface area is 158 Å². The molecule has 1 N–H and O–H groups in total. The lowest BCUT2D eigenvalue weighted by Gasteiger charge is -2.23. The molecule has 3 heterocycles. The predicted octanol–water partition coefficient (Wildman–Crippen LogP) is 4.75. The summed E-state index contributed by atoms with van der Waals surface area (Å²) in [6, 6.07) is 7.95. The zero-order valence-electron chi connectivity index (χ0n) is 13.8. The fourth-order valence-corrected chi connectivity index (χ4v) is 3.66. The Hall–Kier alpha value is -1.64. The number of thioether (sulfide) groups is 1. The molecule has 3 aromatic rings. The second kappa shape index (κ2) is 7.31. The van der Waals surface area contributed by atoms with Gasteiger partial charge in [0.15, 0.2) is 22.1 Å². The molecular weight excluding hydrogens is 402 g/mol. The lowest BCUT2D eigenvalue weighted by Crippen LogP contribution is -2.17. The van der Waals surface area contributed by atoms with E-state index in [0.717, 1.165) is 47.2 Å². The van der Waals surface area contributed by atoms with E-state index in [1.54, 1.807) is 0 Å². The van der Waals surface area contributed by atoms with Gasteiger partial charge in [0.1, 0.15) is 6.23 Å². The van der Waals surface area contributed by atoms with Crippen molar-refractivity contribution in [2.75, 3.05) is 18.2 Å². The summed E-state index contributed by atoms with van der Waals surface area (Å²) >= 11 is 5.08. The van der Waals surface area contributed by atoms with E-state index in [1.165, 1.54) is 11.8 Å². The van der Waals surface area contributed by atoms with Crippen molar-refractivity contribution in [1.29, 1.82) is 0 Å². The average Bonchev–Trinajstić information content (AvgIpc) is 3.08. The molecule has 2 aromatic heterocycles. The highest BCUT2D eigenvalue weighted by molar-refractivity contribution is 9.10. The van der Waals surface area contributed by atoms with Crippen LogP contribution in [0.5, 0.6) is 0 Å². The van der Waals surface area contributed by atoms with E-state index in [1.807, 2.05) is 41.4 Å². The van der Waals surface area contributed by atoms with Crippen LogP contribution in [0.15, 0.2) is 40.2 Å². The van der Waals surface area contributed by atoms with Crippen molar-refractivity contribution in [3.63, 3.8) is 0 Å². The molecule has 1 saturated heterocycles. The van der Waals surface area contributed by atoms with Crippen molar-refractivity contribution in [1.82, 2.24) is 19.5 Å². The number of nitrogens with one attached hydrogen (secondary N) is 1. The number of benzene rings is 1. The summed E-state index contributed by atoms with van der Waals surface area (Å²) in [5.74, 6) is 0.704. The van der Waals surface area contributed by atoms with Crippen LogP contribution in [0.4, 0.5) is 11.5 Å². The highest BCUT2D eigenvalue weighted by Crippen LogP contribution is 2.32. The molecule has 4 rings (SSSR count). The van der Waals surface area contributed by atoms with Crippen molar-refractivity contribution >= 4 is 50.4 Å². The zero-order valence-corrected chi connectivity index (χ0v) is 16.2. The molecule has 6 nitrogen and oxygen atoms in total. The molecular formula is C17H18BrN5OS. The largest absolute Gasteiger partial charge is 0.358 e. The van der Waals surface area contributed by atoms with E-state index in [-0.39, 0.29) is 6.23 Å². The summed E-state index contributed by atoms with van der Waals surface area (Å²) in [5.41, 5.74) is 2.50. The number of imidazole rings is 1. The number of fused-ring (bicyclic) bond motifs is 1. The van der Waals surface area contributed by atoms with E-state index >= 15 is 0 Å². The smallest absolute Gasteiger partial charge is 0.191 e. The van der Waals surface area contributed by atoms with Crippen molar-refractivity contribution in [2.45, 2.75) is 30.6 Å². The van der Waals surface area contributed by atoms with Crippen molar-refractivity contribution in [2.24, 2.45) is 0 Å². The van der Waals surface area contributed by atoms with Crippen molar-refractivity contribution in [3.8, 4) is 0 Å². The quantitative estimate of drug-likeness (QED) is 0.485. The number of rotatable bonds is 4. The maximum absolute atomic E-state index is 5.91. The predicted molar refractivity (Wildman–Crippen MR) is 103 cm³/mol. The van der Waals surface area contributed by atoms with Crippen LogP contribution in [0, 0.1) is 0 Å². The molecule has 0 aliphatic carbocycles. The Kier molecular flexibility index (Phi) is 4.91. The van der Waals surface area contributed by atoms with E-state index in [4.69, 9.17) is 4.74 Å². The third-order valence-corrected chi connectivity index (χ3v) is 5.42. The molecule has 25 heavy (non-hydrogen) atoms. The van der Waals surface area contributed by atoms with Gasteiger partial charge in [-0.1, -0.05) is 23.9 Å². The summed E-state index contributed by atoms with van der Waals surface area (Å²) in [6.45, 7) is 0.785. The van der Waals surface area contributed by atoms with Gasteiger partial charge < -0.3 is 10.1 Å². The number of hydrogen-bond donors (Lipinski definition) is 1. The van der Waals surface area contributed by atoms with Gasteiger partial charge in [0.05, 0.1) is 12.0 Å². The van der Waals surface area contributed by atoms with Gasteiger partial charge in [-0.3, -0.25) is 4.57 Å². The summed E-state index contributed by atoms with van der Waals surface area (Å²) in [4.78, 5) is 13.9. The van der Waals surface area contributed by atoms with Crippen LogP contribution in [0.1, 0.15) is 25.5 Å². The van der Waals surface area contributed by atoms with Crippen LogP contribution < -0.4 is 5.32 Å². The van der Waals surface area contributed by atoms with Crippen molar-refractivity contribution in [3.05, 3.63) is 35.1 Å². The summed E-state index contributed by atoms with van der Waals surface area (Å²) < 4.78 is 8.91. The monoisotopic (exact) mass is 419 g/mol. The van der Waals surface area contributed by atoms with Gasteiger partial charge in [0.2, 0.25) is 0 Å². The molecule has 0 bridgehead atoms. The minimum absolute atomic E-state index is 0.000308. The van der Waals surface area contributed by atoms with Crippen LogP contribution >= 0.6 is 27.7 Å². The first-order chi connectivity index (χ1) is 12.3. The number of halogens is 1. The SMILES string of the molecule is CSc1nc(Nc2ccccc2Br)c2ncn(C3CCCCO3)c2n1. The molecule has 8 heteroatoms. The Bertz CT molecular complexity index is 894. The molecule has 1 aliphatic rings. The van der Waals surface area contributed by atoms with Gasteiger partial charge in [-0.15, -0.1) is 0 Å². The van der Waals surface area contributed by atoms with E-state index in [9.17, 15) is 0 Å². The molecule has 0 radical (unpaired) electrons. The minimum atomic E-state index is -0.000308. The normalized spacial score (nSPS) is 17.8. The first-order valence-corrected chi connectivity index (χ1v) is 10.2. The van der Waals surface area contributed by atoms with E-state index in [2.05, 4.69) is 36.2 Å². The Morgan fingerprint density at radius 2 is 2.16 bits per heavy atom. The van der Waals surface area contributed by atoms with Gasteiger partial charge in [0, 0.05) is 11.1 Å². The molecule has 1 fully saturated rings. The fraction of sp³-hybridized carbons (Fsp3) is 0.353. The van der Waals surface area contributed by atoms with Crippen LogP contribution in [0.3, 0.4) is 0 Å². The summed E-state index contributed by atoms with van der Waals surface area (Å²) in [5, 5.41) is 4.09. The van der Waals surface area contributed by atoms with Gasteiger partial charge >= 0.3 is 0 Å². The molecule has 1 atom stereocenters. The molecule has 0 amide bonds. The number of anilines is 2. The lowest BCUT2D eigenvalue weighted by atomic mass is 10.2. The van der Waals surface area contributed by atoms with Crippen LogP contribution in [0.2, 0.25) is 0 Å². The second-order valence-electron chi connectivity index (χ2n) is 5.81. The number of para-hydroxylation sites is 1. The zero-order chi connectivity index (χ0) is 17.2. The third-order valence-electron chi connectivity index (χ3n) is 4.18. The first-order valence-electron chi connectivity index (χ1n) is 8.18. The Morgan fingerprint density at radius 3 is 2.92 bits per heavy atom. The number of hydrogen-bond acceptors (Lipinski definition) is 6. The maximum atomic E-state index is 5.91. The maximum Gasteiger partial charge on any atom is 0.191 e. The Morgan fingerprint density at radius 1 is 1.28 bits per heavy atom. The Balaban J connectivity index is 1.78. The van der Waals surface area contributed by atoms with Gasteiger partial charge in [-0.05, 0) is 53.6 Å². The molecule has 1 aliphatic heterocycles. The molecule has 130 valence electrons. The topological polar surface area (TPSA) is 64.9 Å². The average molecular weight is 420 g/mol. The van der Waals surface area contributed by atoms with E-state index < -0.39 is 0 Å². The second-order valence-corrected chi connectivity index (χ2v) is 7.44. The summed E-state index contributed by atoms with van der Waals surface area (Å²) in [7, 11) is 0.